The maximum atomic E-state index is 11.7. The number of nitrogens with zero attached hydrogens (tertiary/aromatic N) is 1. The predicted molar refractivity (Wildman–Crippen MR) is 142 cm³/mol. The number of aromatic nitrogens is 1. The van der Waals surface area contributed by atoms with E-state index in [-0.39, 0.29) is 0 Å². The summed E-state index contributed by atoms with van der Waals surface area (Å²) in [6.45, 7) is 17.2. The molecule has 0 spiro atoms. The lowest BCUT2D eigenvalue weighted by atomic mass is 9.99. The number of carbonyl (C=O) groups is 2. The van der Waals surface area contributed by atoms with E-state index in [0.717, 1.165) is 22.0 Å². The van der Waals surface area contributed by atoms with Crippen LogP contribution in [-0.4, -0.2) is 30.9 Å². The minimum atomic E-state index is -1.88. The van der Waals surface area contributed by atoms with Crippen molar-refractivity contribution in [3.63, 3.8) is 0 Å². The van der Waals surface area contributed by atoms with E-state index in [0.29, 0.717) is 27.6 Å². The maximum absolute atomic E-state index is 11.7. The number of carbonyl (C=O) groups excluding carboxylic acids is 2. The molecule has 0 unspecified atom stereocenters. The van der Waals surface area contributed by atoms with Gasteiger partial charge in [0.1, 0.15) is 18.3 Å². The zero-order valence-electron chi connectivity index (χ0n) is 21.3. The van der Waals surface area contributed by atoms with Crippen molar-refractivity contribution >= 4 is 47.0 Å². The molecule has 0 aliphatic rings. The summed E-state index contributed by atoms with van der Waals surface area (Å²) >= 11 is 3.64. The van der Waals surface area contributed by atoms with Crippen molar-refractivity contribution in [3.05, 3.63) is 40.1 Å². The number of ether oxygens (including phenoxy) is 2. The molecule has 0 saturated carbocycles. The smallest absolute Gasteiger partial charge is 0.427 e. The molecule has 2 rings (SSSR count). The number of nitrogens with two attached hydrogens (primary N) is 1. The van der Waals surface area contributed by atoms with Crippen LogP contribution in [0, 0.1) is 11.5 Å². The largest absolute Gasteiger partial charge is 0.517 e. The molecule has 0 bridgehead atoms. The molecule has 0 atom stereocenters. The molecule has 1 aromatic heterocycles. The van der Waals surface area contributed by atoms with Gasteiger partial charge in [-0.25, -0.2) is 14.6 Å². The highest BCUT2D eigenvalue weighted by molar-refractivity contribution is 9.10. The van der Waals surface area contributed by atoms with Crippen LogP contribution in [0.5, 0.6) is 0 Å². The summed E-state index contributed by atoms with van der Waals surface area (Å²) in [7, 11) is -1.88. The zero-order chi connectivity index (χ0) is 25.8. The fraction of sp³-hybridized carbons (Fsp3) is 0.500. The Morgan fingerprint density at radius 2 is 1.71 bits per heavy atom. The highest BCUT2D eigenvalue weighted by atomic mass is 79.9. The summed E-state index contributed by atoms with van der Waals surface area (Å²) in [6.07, 6.45) is -2.03. The lowest BCUT2D eigenvalue weighted by molar-refractivity contribution is 0.0000144. The molecule has 1 heterocycles. The number of benzene rings is 1. The van der Waals surface area contributed by atoms with Gasteiger partial charge in [-0.2, -0.15) is 0 Å². The number of primary amides is 1. The molecule has 8 heteroatoms. The van der Waals surface area contributed by atoms with Gasteiger partial charge in [-0.05, 0) is 63.9 Å². The van der Waals surface area contributed by atoms with Crippen molar-refractivity contribution in [1.82, 2.24) is 4.98 Å². The molecule has 34 heavy (non-hydrogen) atoms. The summed E-state index contributed by atoms with van der Waals surface area (Å²) < 4.78 is 10.2. The summed E-state index contributed by atoms with van der Waals surface area (Å²) in [5, 5.41) is 1.95. The third-order valence-corrected chi connectivity index (χ3v) is 13.2. The number of amides is 1. The maximum Gasteiger partial charge on any atom is 0.517 e. The Hall–Kier alpha value is -2.37. The first kappa shape index (κ1) is 27.9. The van der Waals surface area contributed by atoms with Crippen molar-refractivity contribution in [2.45, 2.75) is 84.0 Å². The molecular formula is C26H35BrN2O4Si. The standard InChI is InChI=1S/C26H35BrN2O4Si/c1-16(2)34(17(3)4,18(5)6)13-12-19-10-9-11-20-14-21(29-23(27)22(19)20)15-26(7,8)33-25(31)32-24(28)30/h9-11,14,16-18H,15H2,1-8H3,(H2,28,30). The zero-order valence-corrected chi connectivity index (χ0v) is 23.9. The second-order valence-corrected chi connectivity index (χ2v) is 16.5. The van der Waals surface area contributed by atoms with E-state index >= 15 is 0 Å². The van der Waals surface area contributed by atoms with Crippen molar-refractivity contribution < 1.29 is 19.1 Å². The van der Waals surface area contributed by atoms with Gasteiger partial charge < -0.3 is 15.2 Å². The molecule has 6 nitrogen and oxygen atoms in total. The monoisotopic (exact) mass is 546 g/mol. The van der Waals surface area contributed by atoms with Gasteiger partial charge in [-0.1, -0.05) is 59.6 Å². The second kappa shape index (κ2) is 10.9. The Balaban J connectivity index is 2.47. The summed E-state index contributed by atoms with van der Waals surface area (Å²) in [5.41, 5.74) is 11.0. The highest BCUT2D eigenvalue weighted by Crippen LogP contribution is 2.41. The lowest BCUT2D eigenvalue weighted by Crippen LogP contribution is -2.43. The molecule has 184 valence electrons. The van der Waals surface area contributed by atoms with Crippen LogP contribution < -0.4 is 5.73 Å². The fourth-order valence-electron chi connectivity index (χ4n) is 4.92. The third kappa shape index (κ3) is 6.39. The summed E-state index contributed by atoms with van der Waals surface area (Å²) in [4.78, 5) is 27.2. The first-order valence-corrected chi connectivity index (χ1v) is 14.5. The quantitative estimate of drug-likeness (QED) is 0.137. The van der Waals surface area contributed by atoms with E-state index in [1.807, 2.05) is 24.3 Å². The molecule has 0 aliphatic heterocycles. The van der Waals surface area contributed by atoms with Crippen LogP contribution >= 0.6 is 15.9 Å². The summed E-state index contributed by atoms with van der Waals surface area (Å²) in [6, 6.07) is 8.02. The van der Waals surface area contributed by atoms with Crippen LogP contribution in [0.3, 0.4) is 0 Å². The van der Waals surface area contributed by atoms with Crippen molar-refractivity contribution in [1.29, 1.82) is 0 Å². The minimum Gasteiger partial charge on any atom is -0.427 e. The third-order valence-electron chi connectivity index (χ3n) is 6.30. The van der Waals surface area contributed by atoms with E-state index in [9.17, 15) is 9.59 Å². The first-order chi connectivity index (χ1) is 15.7. The molecule has 0 radical (unpaired) electrons. The van der Waals surface area contributed by atoms with Crippen LogP contribution in [0.15, 0.2) is 28.9 Å². The normalized spacial score (nSPS) is 12.1. The average molecular weight is 548 g/mol. The summed E-state index contributed by atoms with van der Waals surface area (Å²) in [5.74, 6) is 3.54. The number of rotatable bonds is 6. The predicted octanol–water partition coefficient (Wildman–Crippen LogP) is 7.12. The first-order valence-electron chi connectivity index (χ1n) is 11.5. The minimum absolute atomic E-state index is 0.315. The van der Waals surface area contributed by atoms with E-state index in [1.54, 1.807) is 13.8 Å². The van der Waals surface area contributed by atoms with E-state index in [2.05, 4.69) is 73.7 Å². The van der Waals surface area contributed by atoms with Gasteiger partial charge in [0.25, 0.3) is 0 Å². The molecule has 0 saturated heterocycles. The SMILES string of the molecule is CC(C)[Si](C#Cc1cccc2cc(CC(C)(C)OC(=O)OC(N)=O)nc(Br)c12)(C(C)C)C(C)C. The van der Waals surface area contributed by atoms with Crippen LogP contribution in [0.4, 0.5) is 9.59 Å². The van der Waals surface area contributed by atoms with Gasteiger partial charge in [0.05, 0.1) is 0 Å². The Morgan fingerprint density at radius 1 is 1.12 bits per heavy atom. The van der Waals surface area contributed by atoms with Gasteiger partial charge in [0, 0.05) is 23.1 Å². The Bertz CT molecular complexity index is 1110. The number of hydrogen-bond donors (Lipinski definition) is 1. The molecule has 0 fully saturated rings. The lowest BCUT2D eigenvalue weighted by Gasteiger charge is -2.38. The Kier molecular flexibility index (Phi) is 8.95. The van der Waals surface area contributed by atoms with Gasteiger partial charge in [0.15, 0.2) is 0 Å². The molecule has 2 N–H and O–H groups in total. The van der Waals surface area contributed by atoms with Crippen LogP contribution in [0.1, 0.15) is 66.6 Å². The van der Waals surface area contributed by atoms with Crippen LogP contribution in [0.25, 0.3) is 10.8 Å². The van der Waals surface area contributed by atoms with Gasteiger partial charge >= 0.3 is 12.2 Å². The fourth-order valence-corrected chi connectivity index (χ4v) is 10.8. The van der Waals surface area contributed by atoms with Gasteiger partial charge in [0.2, 0.25) is 0 Å². The topological polar surface area (TPSA) is 91.5 Å². The number of hydrogen-bond acceptors (Lipinski definition) is 5. The molecule has 2 aromatic rings. The molecular weight excluding hydrogens is 512 g/mol. The van der Waals surface area contributed by atoms with Crippen LogP contribution in [-0.2, 0) is 15.9 Å². The van der Waals surface area contributed by atoms with Gasteiger partial charge in [-0.3, -0.25) is 0 Å². The van der Waals surface area contributed by atoms with E-state index < -0.39 is 25.9 Å². The average Bonchev–Trinajstić information content (AvgIpc) is 2.65. The van der Waals surface area contributed by atoms with Crippen molar-refractivity contribution in [2.24, 2.45) is 5.73 Å². The van der Waals surface area contributed by atoms with E-state index in [1.165, 1.54) is 0 Å². The van der Waals surface area contributed by atoms with Crippen molar-refractivity contribution in [3.8, 4) is 11.5 Å². The Labute approximate surface area is 212 Å². The number of fused-ring (bicyclic) bond motifs is 1. The molecule has 1 aromatic carbocycles. The Morgan fingerprint density at radius 3 is 2.24 bits per heavy atom. The van der Waals surface area contributed by atoms with Gasteiger partial charge in [-0.15, -0.1) is 5.54 Å². The van der Waals surface area contributed by atoms with E-state index in [4.69, 9.17) is 15.5 Å². The second-order valence-electron chi connectivity index (χ2n) is 10.2. The molecule has 1 amide bonds. The number of halogens is 1. The van der Waals surface area contributed by atoms with Crippen LogP contribution in [0.2, 0.25) is 16.6 Å². The molecule has 0 aliphatic carbocycles. The highest BCUT2D eigenvalue weighted by Gasteiger charge is 2.41. The van der Waals surface area contributed by atoms with Crippen molar-refractivity contribution in [2.75, 3.05) is 0 Å². The number of pyridine rings is 1.